The van der Waals surface area contributed by atoms with E-state index >= 15 is 0 Å². The summed E-state index contributed by atoms with van der Waals surface area (Å²) in [4.78, 5) is 11.9. The fourth-order valence-corrected chi connectivity index (χ4v) is 2.00. The monoisotopic (exact) mass is 284 g/mol. The van der Waals surface area contributed by atoms with Crippen molar-refractivity contribution in [2.45, 2.75) is 19.4 Å². The van der Waals surface area contributed by atoms with Crippen LogP contribution < -0.4 is 15.8 Å². The quantitative estimate of drug-likeness (QED) is 0.856. The molecule has 0 saturated heterocycles. The first-order chi connectivity index (χ1) is 10.2. The van der Waals surface area contributed by atoms with Gasteiger partial charge in [0.1, 0.15) is 5.75 Å². The molecule has 0 aliphatic rings. The van der Waals surface area contributed by atoms with Gasteiger partial charge in [0.05, 0.1) is 13.0 Å². The Labute approximate surface area is 124 Å². The highest BCUT2D eigenvalue weighted by molar-refractivity contribution is 5.91. The van der Waals surface area contributed by atoms with E-state index < -0.39 is 0 Å². The van der Waals surface area contributed by atoms with Gasteiger partial charge in [0.15, 0.2) is 0 Å². The number of nitrogens with one attached hydrogen (secondary N) is 1. The maximum atomic E-state index is 11.9. The maximum absolute atomic E-state index is 11.9. The zero-order valence-electron chi connectivity index (χ0n) is 12.1. The van der Waals surface area contributed by atoms with E-state index in [0.717, 1.165) is 17.0 Å². The molecule has 21 heavy (non-hydrogen) atoms. The highest BCUT2D eigenvalue weighted by atomic mass is 16.5. The smallest absolute Gasteiger partial charge is 0.227 e. The first kappa shape index (κ1) is 15.1. The van der Waals surface area contributed by atoms with Crippen LogP contribution in [0.1, 0.15) is 24.9 Å². The van der Waals surface area contributed by atoms with Crippen LogP contribution in [0.3, 0.4) is 0 Å². The van der Waals surface area contributed by atoms with Gasteiger partial charge in [-0.15, -0.1) is 0 Å². The Morgan fingerprint density at radius 2 is 1.81 bits per heavy atom. The average Bonchev–Trinajstić information content (AvgIpc) is 2.48. The van der Waals surface area contributed by atoms with Crippen molar-refractivity contribution >= 4 is 11.6 Å². The standard InChI is InChI=1S/C17H20N2O2/c1-13(18)15-9-5-6-10-16(15)19-17(20)11-12-21-14-7-3-2-4-8-14/h2-10,13H,11-12,18H2,1H3,(H,19,20). The first-order valence-corrected chi connectivity index (χ1v) is 6.99. The van der Waals surface area contributed by atoms with Crippen LogP contribution >= 0.6 is 0 Å². The molecule has 1 unspecified atom stereocenters. The number of para-hydroxylation sites is 2. The van der Waals surface area contributed by atoms with Crippen LogP contribution in [-0.4, -0.2) is 12.5 Å². The van der Waals surface area contributed by atoms with Gasteiger partial charge in [-0.1, -0.05) is 36.4 Å². The molecule has 110 valence electrons. The third-order valence-corrected chi connectivity index (χ3v) is 3.07. The average molecular weight is 284 g/mol. The molecule has 0 aromatic heterocycles. The molecule has 0 bridgehead atoms. The fourth-order valence-electron chi connectivity index (χ4n) is 2.00. The summed E-state index contributed by atoms with van der Waals surface area (Å²) in [5.74, 6) is 0.681. The number of rotatable bonds is 6. The number of hydrogen-bond donors (Lipinski definition) is 2. The Bertz CT molecular complexity index is 582. The minimum absolute atomic E-state index is 0.0842. The number of benzene rings is 2. The van der Waals surface area contributed by atoms with Crippen LogP contribution in [0, 0.1) is 0 Å². The minimum atomic E-state index is -0.123. The highest BCUT2D eigenvalue weighted by Crippen LogP contribution is 2.20. The van der Waals surface area contributed by atoms with E-state index in [1.165, 1.54) is 0 Å². The summed E-state index contributed by atoms with van der Waals surface area (Å²) in [6, 6.07) is 16.9. The Balaban J connectivity index is 1.85. The molecule has 0 aliphatic heterocycles. The molecule has 2 aromatic carbocycles. The van der Waals surface area contributed by atoms with E-state index in [1.807, 2.05) is 61.5 Å². The van der Waals surface area contributed by atoms with Gasteiger partial charge in [0, 0.05) is 11.7 Å². The molecule has 0 heterocycles. The maximum Gasteiger partial charge on any atom is 0.227 e. The molecule has 0 fully saturated rings. The van der Waals surface area contributed by atoms with Crippen molar-refractivity contribution in [2.24, 2.45) is 5.73 Å². The van der Waals surface area contributed by atoms with Crippen LogP contribution in [0.4, 0.5) is 5.69 Å². The van der Waals surface area contributed by atoms with Gasteiger partial charge in [-0.05, 0) is 30.7 Å². The van der Waals surface area contributed by atoms with E-state index in [0.29, 0.717) is 13.0 Å². The molecule has 0 spiro atoms. The largest absolute Gasteiger partial charge is 0.493 e. The van der Waals surface area contributed by atoms with Crippen molar-refractivity contribution in [3.8, 4) is 5.75 Å². The van der Waals surface area contributed by atoms with Crippen LogP contribution in [0.5, 0.6) is 5.75 Å². The third-order valence-electron chi connectivity index (χ3n) is 3.07. The van der Waals surface area contributed by atoms with Gasteiger partial charge >= 0.3 is 0 Å². The predicted octanol–water partition coefficient (Wildman–Crippen LogP) is 3.11. The summed E-state index contributed by atoms with van der Waals surface area (Å²) in [5, 5.41) is 2.88. The topological polar surface area (TPSA) is 64.3 Å². The summed E-state index contributed by atoms with van der Waals surface area (Å²) in [6.07, 6.45) is 0.294. The normalized spacial score (nSPS) is 11.7. The van der Waals surface area contributed by atoms with E-state index in [2.05, 4.69) is 5.32 Å². The Hall–Kier alpha value is -2.33. The van der Waals surface area contributed by atoms with Gasteiger partial charge in [0.2, 0.25) is 5.91 Å². The highest BCUT2D eigenvalue weighted by Gasteiger charge is 2.09. The second kappa shape index (κ2) is 7.45. The van der Waals surface area contributed by atoms with Gasteiger partial charge < -0.3 is 15.8 Å². The van der Waals surface area contributed by atoms with Crippen molar-refractivity contribution in [3.05, 3.63) is 60.2 Å². The van der Waals surface area contributed by atoms with Gasteiger partial charge in [0.25, 0.3) is 0 Å². The molecular formula is C17H20N2O2. The molecule has 4 nitrogen and oxygen atoms in total. The Morgan fingerprint density at radius 3 is 2.52 bits per heavy atom. The molecule has 0 aliphatic carbocycles. The van der Waals surface area contributed by atoms with Crippen LogP contribution in [-0.2, 0) is 4.79 Å². The zero-order valence-corrected chi connectivity index (χ0v) is 12.1. The Morgan fingerprint density at radius 1 is 1.14 bits per heavy atom. The van der Waals surface area contributed by atoms with Crippen LogP contribution in [0.2, 0.25) is 0 Å². The lowest BCUT2D eigenvalue weighted by Crippen LogP contribution is -2.17. The number of nitrogens with two attached hydrogens (primary N) is 1. The molecule has 1 atom stereocenters. The SMILES string of the molecule is CC(N)c1ccccc1NC(=O)CCOc1ccccc1. The molecular weight excluding hydrogens is 264 g/mol. The summed E-state index contributed by atoms with van der Waals surface area (Å²) in [7, 11) is 0. The van der Waals surface area contributed by atoms with Crippen molar-refractivity contribution in [3.63, 3.8) is 0 Å². The Kier molecular flexibility index (Phi) is 5.35. The van der Waals surface area contributed by atoms with Crippen LogP contribution in [0.25, 0.3) is 0 Å². The summed E-state index contributed by atoms with van der Waals surface area (Å²) in [6.45, 7) is 2.24. The lowest BCUT2D eigenvalue weighted by molar-refractivity contribution is -0.116. The lowest BCUT2D eigenvalue weighted by atomic mass is 10.1. The molecule has 3 N–H and O–H groups in total. The number of ether oxygens (including phenoxy) is 1. The number of amides is 1. The molecule has 2 rings (SSSR count). The zero-order chi connectivity index (χ0) is 15.1. The van der Waals surface area contributed by atoms with Crippen molar-refractivity contribution in [1.29, 1.82) is 0 Å². The summed E-state index contributed by atoms with van der Waals surface area (Å²) < 4.78 is 5.51. The fraction of sp³-hybridized carbons (Fsp3) is 0.235. The third kappa shape index (κ3) is 4.61. The number of carbonyl (C=O) groups is 1. The van der Waals surface area contributed by atoms with E-state index in [-0.39, 0.29) is 11.9 Å². The van der Waals surface area contributed by atoms with E-state index in [4.69, 9.17) is 10.5 Å². The number of hydrogen-bond acceptors (Lipinski definition) is 3. The van der Waals surface area contributed by atoms with Gasteiger partial charge in [-0.3, -0.25) is 4.79 Å². The van der Waals surface area contributed by atoms with E-state index in [9.17, 15) is 4.79 Å². The second-order valence-corrected chi connectivity index (χ2v) is 4.84. The van der Waals surface area contributed by atoms with Crippen LogP contribution in [0.15, 0.2) is 54.6 Å². The second-order valence-electron chi connectivity index (χ2n) is 4.84. The first-order valence-electron chi connectivity index (χ1n) is 6.99. The molecule has 2 aromatic rings. The molecule has 0 radical (unpaired) electrons. The van der Waals surface area contributed by atoms with Gasteiger partial charge in [-0.25, -0.2) is 0 Å². The molecule has 0 saturated carbocycles. The number of anilines is 1. The van der Waals surface area contributed by atoms with Crippen molar-refractivity contribution in [1.82, 2.24) is 0 Å². The molecule has 4 heteroatoms. The lowest BCUT2D eigenvalue weighted by Gasteiger charge is -2.13. The van der Waals surface area contributed by atoms with E-state index in [1.54, 1.807) is 0 Å². The van der Waals surface area contributed by atoms with Crippen molar-refractivity contribution < 1.29 is 9.53 Å². The summed E-state index contributed by atoms with van der Waals surface area (Å²) in [5.41, 5.74) is 7.58. The number of carbonyl (C=O) groups excluding carboxylic acids is 1. The van der Waals surface area contributed by atoms with Gasteiger partial charge in [-0.2, -0.15) is 0 Å². The molecule has 1 amide bonds. The summed E-state index contributed by atoms with van der Waals surface area (Å²) >= 11 is 0. The minimum Gasteiger partial charge on any atom is -0.493 e. The van der Waals surface area contributed by atoms with Crippen molar-refractivity contribution in [2.75, 3.05) is 11.9 Å². The predicted molar refractivity (Wildman–Crippen MR) is 84.2 cm³/mol.